The highest BCUT2D eigenvalue weighted by molar-refractivity contribution is 6.24. The van der Waals surface area contributed by atoms with E-state index in [-0.39, 0.29) is 11.6 Å². The van der Waals surface area contributed by atoms with Crippen molar-refractivity contribution in [2.24, 2.45) is 7.05 Å². The minimum Gasteiger partial charge on any atom is -0.457 e. The van der Waals surface area contributed by atoms with E-state index < -0.39 is 0 Å². The molecule has 1 aliphatic carbocycles. The van der Waals surface area contributed by atoms with Crippen LogP contribution in [0.3, 0.4) is 0 Å². The molecule has 3 aromatic rings. The van der Waals surface area contributed by atoms with Crippen molar-refractivity contribution in [3.05, 3.63) is 84.1 Å². The summed E-state index contributed by atoms with van der Waals surface area (Å²) in [6.45, 7) is 0. The zero-order valence-corrected chi connectivity index (χ0v) is 13.6. The average molecular weight is 329 g/mol. The van der Waals surface area contributed by atoms with Crippen molar-refractivity contribution in [3.8, 4) is 22.8 Å². The first kappa shape index (κ1) is 15.1. The van der Waals surface area contributed by atoms with Gasteiger partial charge < -0.3 is 9.30 Å². The van der Waals surface area contributed by atoms with Gasteiger partial charge in [-0.15, -0.1) is 0 Å². The normalized spacial score (nSPS) is 13.0. The van der Waals surface area contributed by atoms with E-state index in [4.69, 9.17) is 4.74 Å². The third kappa shape index (κ3) is 2.68. The van der Waals surface area contributed by atoms with Gasteiger partial charge in [-0.25, -0.2) is 0 Å². The largest absolute Gasteiger partial charge is 0.457 e. The molecule has 25 heavy (non-hydrogen) atoms. The van der Waals surface area contributed by atoms with Gasteiger partial charge in [0.05, 0.1) is 16.8 Å². The number of hydrogen-bond donors (Lipinski definition) is 0. The van der Waals surface area contributed by atoms with Gasteiger partial charge in [0.2, 0.25) is 0 Å². The molecule has 0 amide bonds. The molecule has 1 aliphatic rings. The van der Waals surface area contributed by atoms with Gasteiger partial charge in [0, 0.05) is 18.8 Å². The SMILES string of the molecule is Cn1cc2c(c1-c1cccc(Oc3ccccc3)c1)C(=O)C=CC2=O. The standard InChI is InChI=1S/C21H15NO3/c1-22-13-17-18(23)10-11-19(24)20(17)21(22)14-6-5-9-16(12-14)25-15-7-3-2-4-8-15/h2-13H,1H3. The van der Waals surface area contributed by atoms with E-state index in [9.17, 15) is 9.59 Å². The average Bonchev–Trinajstić information content (AvgIpc) is 2.98. The lowest BCUT2D eigenvalue weighted by atomic mass is 9.95. The molecule has 0 atom stereocenters. The Balaban J connectivity index is 1.78. The van der Waals surface area contributed by atoms with E-state index in [1.807, 2.05) is 66.2 Å². The van der Waals surface area contributed by atoms with Gasteiger partial charge in [0.25, 0.3) is 0 Å². The van der Waals surface area contributed by atoms with Crippen LogP contribution in [0.4, 0.5) is 0 Å². The Bertz CT molecular complexity index is 1010. The van der Waals surface area contributed by atoms with Crippen LogP contribution in [0, 0.1) is 0 Å². The van der Waals surface area contributed by atoms with E-state index in [1.165, 1.54) is 12.2 Å². The third-order valence-corrected chi connectivity index (χ3v) is 4.17. The fourth-order valence-corrected chi connectivity index (χ4v) is 3.07. The van der Waals surface area contributed by atoms with Gasteiger partial charge in [-0.1, -0.05) is 30.3 Å². The van der Waals surface area contributed by atoms with E-state index in [2.05, 4.69) is 0 Å². The Morgan fingerprint density at radius 1 is 0.840 bits per heavy atom. The predicted octanol–water partition coefficient (Wildman–Crippen LogP) is 4.42. The van der Waals surface area contributed by atoms with E-state index in [0.29, 0.717) is 16.9 Å². The number of carbonyl (C=O) groups is 2. The minimum atomic E-state index is -0.153. The summed E-state index contributed by atoms with van der Waals surface area (Å²) in [6.07, 6.45) is 4.36. The van der Waals surface area contributed by atoms with Crippen molar-refractivity contribution in [1.82, 2.24) is 4.57 Å². The predicted molar refractivity (Wildman–Crippen MR) is 95.2 cm³/mol. The van der Waals surface area contributed by atoms with Crippen molar-refractivity contribution < 1.29 is 14.3 Å². The first-order valence-electron chi connectivity index (χ1n) is 7.93. The van der Waals surface area contributed by atoms with Crippen molar-refractivity contribution in [1.29, 1.82) is 0 Å². The van der Waals surface area contributed by atoms with Gasteiger partial charge >= 0.3 is 0 Å². The lowest BCUT2D eigenvalue weighted by Crippen LogP contribution is -2.09. The fraction of sp³-hybridized carbons (Fsp3) is 0.0476. The Hall–Kier alpha value is -3.40. The minimum absolute atomic E-state index is 0.145. The van der Waals surface area contributed by atoms with Gasteiger partial charge in [-0.2, -0.15) is 0 Å². The molecular weight excluding hydrogens is 314 g/mol. The molecule has 4 heteroatoms. The van der Waals surface area contributed by atoms with Gasteiger partial charge in [-0.3, -0.25) is 9.59 Å². The maximum Gasteiger partial charge on any atom is 0.188 e. The number of carbonyl (C=O) groups excluding carboxylic acids is 2. The molecule has 1 aromatic heterocycles. The highest BCUT2D eigenvalue weighted by Gasteiger charge is 2.26. The summed E-state index contributed by atoms with van der Waals surface area (Å²) in [4.78, 5) is 24.4. The summed E-state index contributed by atoms with van der Waals surface area (Å²) in [7, 11) is 1.83. The second-order valence-corrected chi connectivity index (χ2v) is 5.88. The van der Waals surface area contributed by atoms with Crippen LogP contribution < -0.4 is 4.74 Å². The summed E-state index contributed by atoms with van der Waals surface area (Å²) in [5, 5.41) is 0. The smallest absolute Gasteiger partial charge is 0.188 e. The molecule has 4 nitrogen and oxygen atoms in total. The number of aryl methyl sites for hydroxylation is 1. The second kappa shape index (κ2) is 5.91. The molecule has 0 radical (unpaired) electrons. The van der Waals surface area contributed by atoms with Crippen LogP contribution in [0.5, 0.6) is 11.5 Å². The molecule has 0 bridgehead atoms. The molecule has 0 aliphatic heterocycles. The number of benzene rings is 2. The van der Waals surface area contributed by atoms with Crippen LogP contribution in [0.1, 0.15) is 20.7 Å². The molecular formula is C21H15NO3. The van der Waals surface area contributed by atoms with Crippen LogP contribution in [-0.2, 0) is 7.05 Å². The number of aromatic nitrogens is 1. The van der Waals surface area contributed by atoms with Crippen LogP contribution in [-0.4, -0.2) is 16.1 Å². The number of hydrogen-bond acceptors (Lipinski definition) is 3. The molecule has 0 N–H and O–H groups in total. The summed E-state index contributed by atoms with van der Waals surface area (Å²) >= 11 is 0. The Kier molecular flexibility index (Phi) is 3.58. The monoisotopic (exact) mass is 329 g/mol. The third-order valence-electron chi connectivity index (χ3n) is 4.17. The Labute approximate surface area is 145 Å². The van der Waals surface area contributed by atoms with Crippen LogP contribution >= 0.6 is 0 Å². The molecule has 0 spiro atoms. The quantitative estimate of drug-likeness (QED) is 0.714. The van der Waals surface area contributed by atoms with E-state index in [1.54, 1.807) is 6.20 Å². The van der Waals surface area contributed by atoms with Gasteiger partial charge in [0.1, 0.15) is 11.5 Å². The topological polar surface area (TPSA) is 48.3 Å². The van der Waals surface area contributed by atoms with Crippen molar-refractivity contribution >= 4 is 11.6 Å². The molecule has 2 aromatic carbocycles. The number of allylic oxidation sites excluding steroid dienone is 2. The van der Waals surface area contributed by atoms with Crippen molar-refractivity contribution in [2.45, 2.75) is 0 Å². The van der Waals surface area contributed by atoms with Crippen molar-refractivity contribution in [3.63, 3.8) is 0 Å². The molecule has 122 valence electrons. The van der Waals surface area contributed by atoms with Crippen LogP contribution in [0.15, 0.2) is 72.9 Å². The zero-order chi connectivity index (χ0) is 17.4. The zero-order valence-electron chi connectivity index (χ0n) is 13.6. The van der Waals surface area contributed by atoms with Crippen molar-refractivity contribution in [2.75, 3.05) is 0 Å². The molecule has 1 heterocycles. The molecule has 4 rings (SSSR count). The number of nitrogens with zero attached hydrogens (tertiary/aromatic N) is 1. The number of fused-ring (bicyclic) bond motifs is 1. The summed E-state index contributed by atoms with van der Waals surface area (Å²) in [6, 6.07) is 17.0. The summed E-state index contributed by atoms with van der Waals surface area (Å²) in [5.74, 6) is 1.11. The number of ether oxygens (including phenoxy) is 1. The first-order chi connectivity index (χ1) is 12.1. The number of rotatable bonds is 3. The lowest BCUT2D eigenvalue weighted by Gasteiger charge is -2.11. The molecule has 0 saturated carbocycles. The second-order valence-electron chi connectivity index (χ2n) is 5.88. The van der Waals surface area contributed by atoms with E-state index >= 15 is 0 Å². The first-order valence-corrected chi connectivity index (χ1v) is 7.93. The maximum atomic E-state index is 12.3. The van der Waals surface area contributed by atoms with Gasteiger partial charge in [0.15, 0.2) is 11.6 Å². The van der Waals surface area contributed by atoms with Gasteiger partial charge in [-0.05, 0) is 36.4 Å². The summed E-state index contributed by atoms with van der Waals surface area (Å²) < 4.78 is 7.69. The maximum absolute atomic E-state index is 12.3. The number of ketones is 2. The van der Waals surface area contributed by atoms with Crippen LogP contribution in [0.2, 0.25) is 0 Å². The lowest BCUT2D eigenvalue weighted by molar-refractivity contribution is 0.0995. The highest BCUT2D eigenvalue weighted by Crippen LogP contribution is 2.33. The number of para-hydroxylation sites is 1. The Morgan fingerprint density at radius 2 is 1.56 bits per heavy atom. The highest BCUT2D eigenvalue weighted by atomic mass is 16.5. The molecule has 0 unspecified atom stereocenters. The fourth-order valence-electron chi connectivity index (χ4n) is 3.07. The molecule has 0 saturated heterocycles. The van der Waals surface area contributed by atoms with E-state index in [0.717, 1.165) is 17.0 Å². The summed E-state index contributed by atoms with van der Waals surface area (Å²) in [5.41, 5.74) is 2.44. The van der Waals surface area contributed by atoms with Crippen LogP contribution in [0.25, 0.3) is 11.3 Å². The Morgan fingerprint density at radius 3 is 2.36 bits per heavy atom. The molecule has 0 fully saturated rings.